The maximum Gasteiger partial charge on any atom is 0.233 e. The lowest BCUT2D eigenvalue weighted by atomic mass is 10.0. The van der Waals surface area contributed by atoms with Crippen LogP contribution in [0, 0.1) is 0 Å². The van der Waals surface area contributed by atoms with Gasteiger partial charge in [0.1, 0.15) is 0 Å². The van der Waals surface area contributed by atoms with Crippen molar-refractivity contribution in [3.63, 3.8) is 0 Å². The normalized spacial score (nSPS) is 20.2. The van der Waals surface area contributed by atoms with Gasteiger partial charge in [-0.05, 0) is 24.9 Å². The Morgan fingerprint density at radius 1 is 1.32 bits per heavy atom. The van der Waals surface area contributed by atoms with Gasteiger partial charge in [-0.2, -0.15) is 0 Å². The first-order chi connectivity index (χ1) is 9.29. The minimum atomic E-state index is -0.0646. The lowest BCUT2D eigenvalue weighted by molar-refractivity contribution is -0.120. The molecule has 1 amide bonds. The number of carbonyl (C=O) groups excluding carboxylic acids is 1. The summed E-state index contributed by atoms with van der Waals surface area (Å²) >= 11 is 0. The third kappa shape index (κ3) is 4.33. The number of nitrogens with one attached hydrogen (secondary N) is 1. The van der Waals surface area contributed by atoms with Crippen molar-refractivity contribution >= 4 is 5.91 Å². The van der Waals surface area contributed by atoms with E-state index in [0.717, 1.165) is 19.5 Å². The minimum absolute atomic E-state index is 0.0646. The maximum atomic E-state index is 11.3. The van der Waals surface area contributed by atoms with Gasteiger partial charge in [0, 0.05) is 19.1 Å². The van der Waals surface area contributed by atoms with Gasteiger partial charge in [-0.3, -0.25) is 9.69 Å². The molecule has 3 N–H and O–H groups in total. The first-order valence-corrected chi connectivity index (χ1v) is 7.04. The standard InChI is InChI=1S/C15H23N3O/c16-10-15(19)17-11-14-8-4-5-9-18(14)12-13-6-2-1-3-7-13/h1-3,6-7,14H,4-5,8-12,16H2,(H,17,19). The highest BCUT2D eigenvalue weighted by atomic mass is 16.1. The van der Waals surface area contributed by atoms with Gasteiger partial charge in [0.25, 0.3) is 0 Å². The molecule has 0 radical (unpaired) electrons. The summed E-state index contributed by atoms with van der Waals surface area (Å²) in [5, 5.41) is 2.91. The van der Waals surface area contributed by atoms with Crippen LogP contribution in [-0.2, 0) is 11.3 Å². The van der Waals surface area contributed by atoms with Crippen LogP contribution in [0.2, 0.25) is 0 Å². The van der Waals surface area contributed by atoms with Gasteiger partial charge in [0.15, 0.2) is 0 Å². The first kappa shape index (κ1) is 14.0. The highest BCUT2D eigenvalue weighted by Crippen LogP contribution is 2.19. The van der Waals surface area contributed by atoms with Gasteiger partial charge in [0.05, 0.1) is 6.54 Å². The summed E-state index contributed by atoms with van der Waals surface area (Å²) in [4.78, 5) is 13.7. The largest absolute Gasteiger partial charge is 0.353 e. The van der Waals surface area contributed by atoms with Crippen molar-refractivity contribution in [2.75, 3.05) is 19.6 Å². The van der Waals surface area contributed by atoms with Crippen molar-refractivity contribution < 1.29 is 4.79 Å². The Morgan fingerprint density at radius 3 is 2.84 bits per heavy atom. The van der Waals surface area contributed by atoms with Gasteiger partial charge in [-0.15, -0.1) is 0 Å². The van der Waals surface area contributed by atoms with E-state index in [2.05, 4.69) is 34.5 Å². The second-order valence-electron chi connectivity index (χ2n) is 5.11. The molecule has 4 heteroatoms. The van der Waals surface area contributed by atoms with E-state index in [1.807, 2.05) is 6.07 Å². The molecule has 0 aromatic heterocycles. The van der Waals surface area contributed by atoms with Gasteiger partial charge in [-0.1, -0.05) is 36.8 Å². The monoisotopic (exact) mass is 261 g/mol. The molecule has 1 unspecified atom stereocenters. The molecular weight excluding hydrogens is 238 g/mol. The smallest absolute Gasteiger partial charge is 0.233 e. The molecule has 2 rings (SSSR count). The Labute approximate surface area is 115 Å². The van der Waals surface area contributed by atoms with Crippen molar-refractivity contribution in [1.29, 1.82) is 0 Å². The van der Waals surface area contributed by atoms with E-state index in [0.29, 0.717) is 12.6 Å². The van der Waals surface area contributed by atoms with E-state index < -0.39 is 0 Å². The third-order valence-electron chi connectivity index (χ3n) is 3.70. The van der Waals surface area contributed by atoms with Gasteiger partial charge in [0.2, 0.25) is 5.91 Å². The van der Waals surface area contributed by atoms with E-state index in [4.69, 9.17) is 5.73 Å². The van der Waals surface area contributed by atoms with E-state index >= 15 is 0 Å². The fourth-order valence-electron chi connectivity index (χ4n) is 2.62. The number of piperidine rings is 1. The third-order valence-corrected chi connectivity index (χ3v) is 3.70. The van der Waals surface area contributed by atoms with Gasteiger partial charge >= 0.3 is 0 Å². The van der Waals surface area contributed by atoms with Crippen LogP contribution in [0.15, 0.2) is 30.3 Å². The molecule has 1 atom stereocenters. The molecule has 0 bridgehead atoms. The van der Waals surface area contributed by atoms with Crippen molar-refractivity contribution in [2.45, 2.75) is 31.8 Å². The molecule has 1 heterocycles. The van der Waals surface area contributed by atoms with E-state index in [9.17, 15) is 4.79 Å². The average Bonchev–Trinajstić information content (AvgIpc) is 2.47. The summed E-state index contributed by atoms with van der Waals surface area (Å²) < 4.78 is 0. The Bertz CT molecular complexity index is 394. The van der Waals surface area contributed by atoms with E-state index in [1.165, 1.54) is 18.4 Å². The van der Waals surface area contributed by atoms with Crippen molar-refractivity contribution in [2.24, 2.45) is 5.73 Å². The van der Waals surface area contributed by atoms with Crippen LogP contribution in [0.25, 0.3) is 0 Å². The predicted octanol–water partition coefficient (Wildman–Crippen LogP) is 1.12. The SMILES string of the molecule is NCC(=O)NCC1CCCCN1Cc1ccccc1. The van der Waals surface area contributed by atoms with Crippen LogP contribution in [0.4, 0.5) is 0 Å². The van der Waals surface area contributed by atoms with E-state index in [-0.39, 0.29) is 12.5 Å². The quantitative estimate of drug-likeness (QED) is 0.835. The number of hydrogen-bond donors (Lipinski definition) is 2. The molecule has 19 heavy (non-hydrogen) atoms. The molecule has 1 fully saturated rings. The summed E-state index contributed by atoms with van der Waals surface area (Å²) in [5.74, 6) is -0.0646. The molecule has 1 saturated heterocycles. The fourth-order valence-corrected chi connectivity index (χ4v) is 2.62. The maximum absolute atomic E-state index is 11.3. The van der Waals surface area contributed by atoms with Gasteiger partial charge < -0.3 is 11.1 Å². The molecule has 1 aromatic rings. The van der Waals surface area contributed by atoms with Crippen LogP contribution in [-0.4, -0.2) is 36.5 Å². The molecule has 1 aliphatic rings. The Hall–Kier alpha value is -1.39. The Morgan fingerprint density at radius 2 is 2.11 bits per heavy atom. The molecular formula is C15H23N3O. The number of rotatable bonds is 5. The van der Waals surface area contributed by atoms with Crippen molar-refractivity contribution in [3.05, 3.63) is 35.9 Å². The van der Waals surface area contributed by atoms with E-state index in [1.54, 1.807) is 0 Å². The Balaban J connectivity index is 1.90. The second kappa shape index (κ2) is 7.26. The average molecular weight is 261 g/mol. The van der Waals surface area contributed by atoms with Crippen LogP contribution < -0.4 is 11.1 Å². The molecule has 1 aromatic carbocycles. The molecule has 1 aliphatic heterocycles. The zero-order valence-electron chi connectivity index (χ0n) is 11.3. The fraction of sp³-hybridized carbons (Fsp3) is 0.533. The molecule has 4 nitrogen and oxygen atoms in total. The van der Waals surface area contributed by atoms with Crippen LogP contribution in [0.3, 0.4) is 0 Å². The number of hydrogen-bond acceptors (Lipinski definition) is 3. The number of amides is 1. The van der Waals surface area contributed by atoms with Gasteiger partial charge in [-0.25, -0.2) is 0 Å². The van der Waals surface area contributed by atoms with Crippen LogP contribution in [0.1, 0.15) is 24.8 Å². The molecule has 0 spiro atoms. The first-order valence-electron chi connectivity index (χ1n) is 7.04. The zero-order valence-corrected chi connectivity index (χ0v) is 11.3. The predicted molar refractivity (Wildman–Crippen MR) is 76.6 cm³/mol. The summed E-state index contributed by atoms with van der Waals surface area (Å²) in [6.45, 7) is 2.86. The number of nitrogens with two attached hydrogens (primary N) is 1. The number of nitrogens with zero attached hydrogens (tertiary/aromatic N) is 1. The second-order valence-corrected chi connectivity index (χ2v) is 5.11. The summed E-state index contributed by atoms with van der Waals surface area (Å²) in [5.41, 5.74) is 6.65. The minimum Gasteiger partial charge on any atom is -0.353 e. The zero-order chi connectivity index (χ0) is 13.5. The highest BCUT2D eigenvalue weighted by molar-refractivity contribution is 5.77. The molecule has 104 valence electrons. The lowest BCUT2D eigenvalue weighted by Crippen LogP contribution is -2.47. The highest BCUT2D eigenvalue weighted by Gasteiger charge is 2.22. The summed E-state index contributed by atoms with van der Waals surface area (Å²) in [7, 11) is 0. The molecule has 0 aliphatic carbocycles. The van der Waals surface area contributed by atoms with Crippen LogP contribution >= 0.6 is 0 Å². The topological polar surface area (TPSA) is 58.4 Å². The van der Waals surface area contributed by atoms with Crippen LogP contribution in [0.5, 0.6) is 0 Å². The number of benzene rings is 1. The lowest BCUT2D eigenvalue weighted by Gasteiger charge is -2.35. The Kier molecular flexibility index (Phi) is 5.36. The number of carbonyl (C=O) groups is 1. The molecule has 0 saturated carbocycles. The number of likely N-dealkylation sites (tertiary alicyclic amines) is 1. The van der Waals surface area contributed by atoms with Crippen molar-refractivity contribution in [1.82, 2.24) is 10.2 Å². The summed E-state index contributed by atoms with van der Waals surface area (Å²) in [6.07, 6.45) is 3.64. The summed E-state index contributed by atoms with van der Waals surface area (Å²) in [6, 6.07) is 10.9. The van der Waals surface area contributed by atoms with Crippen molar-refractivity contribution in [3.8, 4) is 0 Å².